The van der Waals surface area contributed by atoms with Gasteiger partial charge < -0.3 is 10.0 Å². The molecule has 0 saturated carbocycles. The van der Waals surface area contributed by atoms with E-state index in [4.69, 9.17) is 0 Å². The highest BCUT2D eigenvalue weighted by atomic mass is 127. The summed E-state index contributed by atoms with van der Waals surface area (Å²) in [4.78, 5) is 4.99. The lowest BCUT2D eigenvalue weighted by molar-refractivity contribution is 0.0393. The second-order valence-electron chi connectivity index (χ2n) is 7.23. The number of aliphatic hydroxyl groups excluding tert-OH is 1. The third-order valence-electron chi connectivity index (χ3n) is 5.74. The van der Waals surface area contributed by atoms with Gasteiger partial charge in [0.25, 0.3) is 0 Å². The number of anilines is 1. The zero-order chi connectivity index (χ0) is 17.4. The second kappa shape index (κ2) is 7.25. The van der Waals surface area contributed by atoms with E-state index in [0.717, 1.165) is 39.0 Å². The molecule has 1 heterocycles. The molecule has 0 unspecified atom stereocenters. The predicted molar refractivity (Wildman–Crippen MR) is 111 cm³/mol. The van der Waals surface area contributed by atoms with Gasteiger partial charge in [0.05, 0.1) is 6.10 Å². The summed E-state index contributed by atoms with van der Waals surface area (Å²) in [5.74, 6) is 0. The minimum atomic E-state index is -0.256. The Morgan fingerprint density at radius 2 is 1.72 bits per heavy atom. The standard InChI is InChI=1S/C21H25IN2O/c1-15-5-2-3-8-19(15)23-9-11-24(12-10-23)20-13-16-6-4-7-18(22)17(16)14-21(20)25/h2-8,20-21,25H,9-14H2,1H3/t20-,21-/m0/s1. The van der Waals surface area contributed by atoms with E-state index in [0.29, 0.717) is 0 Å². The monoisotopic (exact) mass is 448 g/mol. The van der Waals surface area contributed by atoms with Crippen LogP contribution in [0.5, 0.6) is 0 Å². The number of hydrogen-bond donors (Lipinski definition) is 1. The van der Waals surface area contributed by atoms with Crippen molar-refractivity contribution in [2.45, 2.75) is 31.9 Å². The molecule has 1 aliphatic carbocycles. The maximum absolute atomic E-state index is 10.8. The van der Waals surface area contributed by atoms with Crippen molar-refractivity contribution < 1.29 is 5.11 Å². The van der Waals surface area contributed by atoms with Crippen LogP contribution in [0.4, 0.5) is 5.69 Å². The highest BCUT2D eigenvalue weighted by Gasteiger charge is 2.34. The number of rotatable bonds is 2. The molecule has 4 heteroatoms. The summed E-state index contributed by atoms with van der Waals surface area (Å²) in [6.45, 7) is 6.30. The molecule has 132 valence electrons. The SMILES string of the molecule is Cc1ccccc1N1CCN([C@H]2Cc3cccc(I)c3C[C@@H]2O)CC1. The summed E-state index contributed by atoms with van der Waals surface area (Å²) < 4.78 is 1.29. The van der Waals surface area contributed by atoms with Crippen LogP contribution in [0.15, 0.2) is 42.5 Å². The largest absolute Gasteiger partial charge is 0.391 e. The van der Waals surface area contributed by atoms with Crippen molar-refractivity contribution >= 4 is 28.3 Å². The summed E-state index contributed by atoms with van der Waals surface area (Å²) in [6, 6.07) is 15.4. The van der Waals surface area contributed by atoms with Crippen LogP contribution in [-0.4, -0.2) is 48.3 Å². The number of halogens is 1. The van der Waals surface area contributed by atoms with E-state index in [-0.39, 0.29) is 12.1 Å². The highest BCUT2D eigenvalue weighted by Crippen LogP contribution is 2.29. The average molecular weight is 448 g/mol. The van der Waals surface area contributed by atoms with Crippen molar-refractivity contribution in [2.24, 2.45) is 0 Å². The van der Waals surface area contributed by atoms with Gasteiger partial charge in [-0.2, -0.15) is 0 Å². The van der Waals surface area contributed by atoms with E-state index >= 15 is 0 Å². The molecule has 2 aromatic rings. The third-order valence-corrected chi connectivity index (χ3v) is 6.75. The van der Waals surface area contributed by atoms with E-state index in [1.165, 1.54) is 25.9 Å². The molecule has 1 fully saturated rings. The number of hydrogen-bond acceptors (Lipinski definition) is 3. The molecular weight excluding hydrogens is 423 g/mol. The van der Waals surface area contributed by atoms with E-state index in [9.17, 15) is 5.11 Å². The summed E-state index contributed by atoms with van der Waals surface area (Å²) in [5, 5.41) is 10.8. The van der Waals surface area contributed by atoms with Gasteiger partial charge in [0.2, 0.25) is 0 Å². The first kappa shape index (κ1) is 17.3. The minimum Gasteiger partial charge on any atom is -0.391 e. The Kier molecular flexibility index (Phi) is 5.02. The Labute approximate surface area is 163 Å². The van der Waals surface area contributed by atoms with Crippen LogP contribution < -0.4 is 4.90 Å². The lowest BCUT2D eigenvalue weighted by Gasteiger charge is -2.44. The maximum Gasteiger partial charge on any atom is 0.0739 e. The number of nitrogens with zero attached hydrogens (tertiary/aromatic N) is 2. The summed E-state index contributed by atoms with van der Waals surface area (Å²) in [7, 11) is 0. The predicted octanol–water partition coefficient (Wildman–Crippen LogP) is 3.25. The molecule has 1 saturated heterocycles. The number of aryl methyl sites for hydroxylation is 1. The van der Waals surface area contributed by atoms with Gasteiger partial charge in [0.1, 0.15) is 0 Å². The fourth-order valence-corrected chi connectivity index (χ4v) is 5.09. The number of fused-ring (bicyclic) bond motifs is 1. The van der Waals surface area contributed by atoms with Crippen molar-refractivity contribution in [2.75, 3.05) is 31.1 Å². The lowest BCUT2D eigenvalue weighted by Crippen LogP contribution is -2.56. The van der Waals surface area contributed by atoms with Gasteiger partial charge in [-0.15, -0.1) is 0 Å². The Morgan fingerprint density at radius 3 is 2.48 bits per heavy atom. The summed E-state index contributed by atoms with van der Waals surface area (Å²) in [5.41, 5.74) is 5.47. The summed E-state index contributed by atoms with van der Waals surface area (Å²) >= 11 is 2.40. The van der Waals surface area contributed by atoms with E-state index in [1.54, 1.807) is 0 Å². The molecule has 2 atom stereocenters. The first-order valence-corrected chi connectivity index (χ1v) is 10.2. The molecule has 0 bridgehead atoms. The van der Waals surface area contributed by atoms with Gasteiger partial charge in [-0.25, -0.2) is 0 Å². The van der Waals surface area contributed by atoms with Gasteiger partial charge in [-0.1, -0.05) is 30.3 Å². The smallest absolute Gasteiger partial charge is 0.0739 e. The number of aliphatic hydroxyl groups is 1. The molecule has 2 aliphatic rings. The van der Waals surface area contributed by atoms with E-state index in [2.05, 4.69) is 81.8 Å². The number of benzene rings is 2. The average Bonchev–Trinajstić information content (AvgIpc) is 2.63. The van der Waals surface area contributed by atoms with Crippen molar-refractivity contribution in [1.29, 1.82) is 0 Å². The van der Waals surface area contributed by atoms with Crippen LogP contribution in [0.25, 0.3) is 0 Å². The molecule has 0 amide bonds. The van der Waals surface area contributed by atoms with Crippen LogP contribution >= 0.6 is 22.6 Å². The van der Waals surface area contributed by atoms with Crippen molar-refractivity contribution in [3.05, 3.63) is 62.7 Å². The topological polar surface area (TPSA) is 26.7 Å². The van der Waals surface area contributed by atoms with Crippen LogP contribution in [0.1, 0.15) is 16.7 Å². The number of piperazine rings is 1. The fraction of sp³-hybridized carbons (Fsp3) is 0.429. The van der Waals surface area contributed by atoms with Gasteiger partial charge in [0.15, 0.2) is 0 Å². The quantitative estimate of drug-likeness (QED) is 0.715. The first-order chi connectivity index (χ1) is 12.1. The van der Waals surface area contributed by atoms with Crippen molar-refractivity contribution in [3.63, 3.8) is 0 Å². The zero-order valence-electron chi connectivity index (χ0n) is 14.7. The van der Waals surface area contributed by atoms with Crippen molar-refractivity contribution in [1.82, 2.24) is 4.90 Å². The van der Waals surface area contributed by atoms with Crippen LogP contribution in [0.2, 0.25) is 0 Å². The Morgan fingerprint density at radius 1 is 0.960 bits per heavy atom. The molecule has 0 aromatic heterocycles. The Hall–Kier alpha value is -1.11. The van der Waals surface area contributed by atoms with Crippen LogP contribution in [0, 0.1) is 10.5 Å². The van der Waals surface area contributed by atoms with E-state index < -0.39 is 0 Å². The van der Waals surface area contributed by atoms with E-state index in [1.807, 2.05) is 0 Å². The molecule has 0 radical (unpaired) electrons. The molecule has 0 spiro atoms. The Bertz CT molecular complexity index is 755. The second-order valence-corrected chi connectivity index (χ2v) is 8.39. The third kappa shape index (κ3) is 3.44. The first-order valence-electron chi connectivity index (χ1n) is 9.12. The molecular formula is C21H25IN2O. The Balaban J connectivity index is 1.45. The molecule has 3 nitrogen and oxygen atoms in total. The zero-order valence-corrected chi connectivity index (χ0v) is 16.8. The maximum atomic E-state index is 10.8. The van der Waals surface area contributed by atoms with Gasteiger partial charge >= 0.3 is 0 Å². The highest BCUT2D eigenvalue weighted by molar-refractivity contribution is 14.1. The normalized spacial score (nSPS) is 24.2. The van der Waals surface area contributed by atoms with Crippen LogP contribution in [0.3, 0.4) is 0 Å². The van der Waals surface area contributed by atoms with Crippen LogP contribution in [-0.2, 0) is 12.8 Å². The molecule has 4 rings (SSSR count). The van der Waals surface area contributed by atoms with Gasteiger partial charge in [-0.05, 0) is 64.8 Å². The number of para-hydroxylation sites is 1. The van der Waals surface area contributed by atoms with Gasteiger partial charge in [-0.3, -0.25) is 4.90 Å². The minimum absolute atomic E-state index is 0.254. The van der Waals surface area contributed by atoms with Gasteiger partial charge in [0, 0.05) is 47.9 Å². The molecule has 2 aromatic carbocycles. The molecule has 1 N–H and O–H groups in total. The lowest BCUT2D eigenvalue weighted by atomic mass is 9.85. The van der Waals surface area contributed by atoms with Crippen molar-refractivity contribution in [3.8, 4) is 0 Å². The fourth-order valence-electron chi connectivity index (χ4n) is 4.31. The molecule has 1 aliphatic heterocycles. The molecule has 25 heavy (non-hydrogen) atoms. The summed E-state index contributed by atoms with van der Waals surface area (Å²) in [6.07, 6.45) is 1.50.